The van der Waals surface area contributed by atoms with Crippen LogP contribution in [0.2, 0.25) is 0 Å². The van der Waals surface area contributed by atoms with Crippen molar-refractivity contribution in [1.29, 1.82) is 0 Å². The van der Waals surface area contributed by atoms with E-state index in [9.17, 15) is 0 Å². The highest BCUT2D eigenvalue weighted by atomic mass is 14.7. The fraction of sp³-hybridized carbons (Fsp3) is 0.133. The number of rotatable bonds is 6. The summed E-state index contributed by atoms with van der Waals surface area (Å²) in [6.45, 7) is 11.3. The predicted octanol–water partition coefficient (Wildman–Crippen LogP) is 4.39. The van der Waals surface area contributed by atoms with E-state index in [0.29, 0.717) is 0 Å². The standard InChI is InChI=1S/C15H19N/c1-5-9-11-12-14(7-3)15(8-4)16-13-10-6-2/h5-13H,1,3H2,2,4H3/b10-6-,11-9-,14-12+,15-8-,16-13-. The Labute approximate surface area is 98.6 Å². The first-order valence-electron chi connectivity index (χ1n) is 5.24. The Bertz CT molecular complexity index is 363. The van der Waals surface area contributed by atoms with Gasteiger partial charge in [-0.05, 0) is 25.5 Å². The smallest absolute Gasteiger partial charge is 0.0659 e. The largest absolute Gasteiger partial charge is 0.257 e. The maximum atomic E-state index is 4.33. The molecule has 1 heteroatoms. The van der Waals surface area contributed by atoms with Gasteiger partial charge in [0.2, 0.25) is 0 Å². The molecule has 0 aliphatic heterocycles. The summed E-state index contributed by atoms with van der Waals surface area (Å²) >= 11 is 0. The zero-order chi connectivity index (χ0) is 12.2. The second-order valence-corrected chi connectivity index (χ2v) is 2.92. The SMILES string of the molecule is C=C\C=C/C=C(C=C)/C(=C/C)/N=C\C=C/C. The molecule has 0 rings (SSSR count). The Kier molecular flexibility index (Phi) is 8.52. The van der Waals surface area contributed by atoms with Crippen molar-refractivity contribution in [2.75, 3.05) is 0 Å². The van der Waals surface area contributed by atoms with Crippen LogP contribution in [-0.4, -0.2) is 6.21 Å². The molecule has 0 aliphatic carbocycles. The summed E-state index contributed by atoms with van der Waals surface area (Å²) in [4.78, 5) is 4.33. The van der Waals surface area contributed by atoms with Crippen LogP contribution in [0.25, 0.3) is 0 Å². The van der Waals surface area contributed by atoms with Crippen molar-refractivity contribution in [3.63, 3.8) is 0 Å². The number of nitrogens with zero attached hydrogens (tertiary/aromatic N) is 1. The molecule has 0 unspecified atom stereocenters. The van der Waals surface area contributed by atoms with E-state index >= 15 is 0 Å². The Hall–Kier alpha value is -1.89. The maximum absolute atomic E-state index is 4.33. The third-order valence-electron chi connectivity index (χ3n) is 1.80. The van der Waals surface area contributed by atoms with Crippen LogP contribution in [-0.2, 0) is 0 Å². The Morgan fingerprint density at radius 2 is 1.81 bits per heavy atom. The summed E-state index contributed by atoms with van der Waals surface area (Å²) in [5.74, 6) is 0. The molecule has 0 N–H and O–H groups in total. The van der Waals surface area contributed by atoms with Gasteiger partial charge in [0.25, 0.3) is 0 Å². The molecule has 0 fully saturated rings. The Morgan fingerprint density at radius 3 is 2.31 bits per heavy atom. The predicted molar refractivity (Wildman–Crippen MR) is 74.7 cm³/mol. The first-order valence-corrected chi connectivity index (χ1v) is 5.24. The average Bonchev–Trinajstić information content (AvgIpc) is 2.31. The third-order valence-corrected chi connectivity index (χ3v) is 1.80. The van der Waals surface area contributed by atoms with Crippen LogP contribution in [0.4, 0.5) is 0 Å². The molecule has 0 radical (unpaired) electrons. The number of allylic oxidation sites excluding steroid dienone is 8. The molecule has 0 amide bonds. The normalized spacial score (nSPS) is 14.1. The van der Waals surface area contributed by atoms with Crippen molar-refractivity contribution < 1.29 is 0 Å². The fourth-order valence-electron chi connectivity index (χ4n) is 1.02. The molecule has 0 saturated carbocycles. The highest BCUT2D eigenvalue weighted by Crippen LogP contribution is 2.12. The summed E-state index contributed by atoms with van der Waals surface area (Å²) in [5.41, 5.74) is 1.89. The zero-order valence-corrected chi connectivity index (χ0v) is 10.1. The summed E-state index contributed by atoms with van der Waals surface area (Å²) in [6.07, 6.45) is 16.8. The van der Waals surface area contributed by atoms with E-state index in [1.165, 1.54) is 0 Å². The quantitative estimate of drug-likeness (QED) is 0.458. The molecular weight excluding hydrogens is 194 g/mol. The number of hydrogen-bond acceptors (Lipinski definition) is 1. The summed E-state index contributed by atoms with van der Waals surface area (Å²) < 4.78 is 0. The van der Waals surface area contributed by atoms with Gasteiger partial charge in [-0.15, -0.1) is 0 Å². The van der Waals surface area contributed by atoms with Gasteiger partial charge in [-0.3, -0.25) is 4.99 Å². The van der Waals surface area contributed by atoms with Crippen LogP contribution in [0.5, 0.6) is 0 Å². The lowest BCUT2D eigenvalue weighted by molar-refractivity contribution is 1.33. The molecule has 0 spiro atoms. The van der Waals surface area contributed by atoms with Crippen LogP contribution in [0, 0.1) is 0 Å². The summed E-state index contributed by atoms with van der Waals surface area (Å²) in [6, 6.07) is 0. The molecule has 84 valence electrons. The molecule has 0 aromatic heterocycles. The van der Waals surface area contributed by atoms with Crippen molar-refractivity contribution in [2.45, 2.75) is 13.8 Å². The van der Waals surface area contributed by atoms with E-state index in [-0.39, 0.29) is 0 Å². The van der Waals surface area contributed by atoms with Crippen LogP contribution in [0.3, 0.4) is 0 Å². The van der Waals surface area contributed by atoms with E-state index in [4.69, 9.17) is 0 Å². The van der Waals surface area contributed by atoms with Gasteiger partial charge < -0.3 is 0 Å². The van der Waals surface area contributed by atoms with E-state index < -0.39 is 0 Å². The lowest BCUT2D eigenvalue weighted by Crippen LogP contribution is -1.82. The molecule has 16 heavy (non-hydrogen) atoms. The van der Waals surface area contributed by atoms with E-state index in [2.05, 4.69) is 18.2 Å². The van der Waals surface area contributed by atoms with Crippen molar-refractivity contribution in [3.8, 4) is 0 Å². The van der Waals surface area contributed by atoms with Crippen LogP contribution in [0.15, 0.2) is 78.0 Å². The van der Waals surface area contributed by atoms with Crippen molar-refractivity contribution >= 4 is 6.21 Å². The zero-order valence-electron chi connectivity index (χ0n) is 10.1. The first-order chi connectivity index (χ1) is 7.79. The topological polar surface area (TPSA) is 12.4 Å². The Balaban J connectivity index is 4.91. The van der Waals surface area contributed by atoms with Gasteiger partial charge in [-0.2, -0.15) is 0 Å². The van der Waals surface area contributed by atoms with E-state index in [1.807, 2.05) is 50.3 Å². The molecule has 0 saturated heterocycles. The minimum atomic E-state index is 0.904. The monoisotopic (exact) mass is 213 g/mol. The minimum absolute atomic E-state index is 0.904. The van der Waals surface area contributed by atoms with Crippen molar-refractivity contribution in [1.82, 2.24) is 0 Å². The van der Waals surface area contributed by atoms with Gasteiger partial charge in [0.05, 0.1) is 5.70 Å². The van der Waals surface area contributed by atoms with Crippen molar-refractivity contribution in [2.24, 2.45) is 4.99 Å². The maximum Gasteiger partial charge on any atom is 0.0659 e. The lowest BCUT2D eigenvalue weighted by Gasteiger charge is -2.00. The van der Waals surface area contributed by atoms with Gasteiger partial charge in [-0.25, -0.2) is 0 Å². The molecule has 0 heterocycles. The van der Waals surface area contributed by atoms with Gasteiger partial charge in [0.15, 0.2) is 0 Å². The van der Waals surface area contributed by atoms with Gasteiger partial charge in [-0.1, -0.05) is 55.7 Å². The fourth-order valence-corrected chi connectivity index (χ4v) is 1.02. The second kappa shape index (κ2) is 9.66. The Morgan fingerprint density at radius 1 is 1.06 bits per heavy atom. The van der Waals surface area contributed by atoms with Gasteiger partial charge >= 0.3 is 0 Å². The third kappa shape index (κ3) is 5.76. The van der Waals surface area contributed by atoms with Crippen LogP contribution >= 0.6 is 0 Å². The molecule has 0 atom stereocenters. The molecule has 0 aromatic carbocycles. The molecular formula is C15H19N. The van der Waals surface area contributed by atoms with Crippen LogP contribution in [0.1, 0.15) is 13.8 Å². The van der Waals surface area contributed by atoms with E-state index in [1.54, 1.807) is 18.4 Å². The minimum Gasteiger partial charge on any atom is -0.257 e. The highest BCUT2D eigenvalue weighted by Gasteiger charge is 1.95. The van der Waals surface area contributed by atoms with Crippen molar-refractivity contribution in [3.05, 3.63) is 73.0 Å². The number of hydrogen-bond donors (Lipinski definition) is 0. The summed E-state index contributed by atoms with van der Waals surface area (Å²) in [7, 11) is 0. The van der Waals surface area contributed by atoms with E-state index in [0.717, 1.165) is 11.3 Å². The van der Waals surface area contributed by atoms with Gasteiger partial charge in [0.1, 0.15) is 0 Å². The first kappa shape index (κ1) is 14.1. The van der Waals surface area contributed by atoms with Gasteiger partial charge in [0, 0.05) is 6.21 Å². The van der Waals surface area contributed by atoms with Crippen LogP contribution < -0.4 is 0 Å². The lowest BCUT2D eigenvalue weighted by atomic mass is 10.1. The second-order valence-electron chi connectivity index (χ2n) is 2.92. The summed E-state index contributed by atoms with van der Waals surface area (Å²) in [5, 5.41) is 0. The number of aliphatic imine (C=N–C) groups is 1. The molecule has 0 aromatic rings. The molecule has 0 aliphatic rings. The molecule has 1 nitrogen and oxygen atoms in total. The average molecular weight is 213 g/mol. The highest BCUT2D eigenvalue weighted by molar-refractivity contribution is 5.73. The molecule has 0 bridgehead atoms.